The van der Waals surface area contributed by atoms with Crippen LogP contribution in [0.25, 0.3) is 0 Å². The summed E-state index contributed by atoms with van der Waals surface area (Å²) >= 11 is 3.34. The number of carbonyl (C=O) groups is 2. The first kappa shape index (κ1) is 13.7. The highest BCUT2D eigenvalue weighted by atomic mass is 79.9. The summed E-state index contributed by atoms with van der Waals surface area (Å²) in [7, 11) is 1.61. The Labute approximate surface area is 108 Å². The molecule has 0 fully saturated rings. The van der Waals surface area contributed by atoms with Gasteiger partial charge in [-0.15, -0.1) is 0 Å². The van der Waals surface area contributed by atoms with Crippen molar-refractivity contribution in [3.63, 3.8) is 0 Å². The third kappa shape index (κ3) is 4.99. The molecule has 0 aliphatic heterocycles. The Kier molecular flexibility index (Phi) is 5.15. The van der Waals surface area contributed by atoms with Crippen molar-refractivity contribution in [3.8, 4) is 0 Å². The van der Waals surface area contributed by atoms with E-state index in [1.165, 1.54) is 4.90 Å². The van der Waals surface area contributed by atoms with Crippen LogP contribution in [0.3, 0.4) is 0 Å². The number of carboxylic acid groups (broad SMARTS) is 1. The first-order valence-corrected chi connectivity index (χ1v) is 5.98. The maximum absolute atomic E-state index is 11.8. The van der Waals surface area contributed by atoms with Gasteiger partial charge >= 0.3 is 5.97 Å². The summed E-state index contributed by atoms with van der Waals surface area (Å²) in [6.45, 7) is 0.238. The van der Waals surface area contributed by atoms with E-state index in [1.54, 1.807) is 7.05 Å². The maximum Gasteiger partial charge on any atom is 0.305 e. The Morgan fingerprint density at radius 2 is 2.12 bits per heavy atom. The number of benzene rings is 1. The minimum atomic E-state index is -0.896. The summed E-state index contributed by atoms with van der Waals surface area (Å²) in [6.07, 6.45) is 0.260. The fourth-order valence-electron chi connectivity index (χ4n) is 1.34. The molecule has 0 aliphatic rings. The monoisotopic (exact) mass is 299 g/mol. The molecule has 1 rings (SSSR count). The van der Waals surface area contributed by atoms with E-state index >= 15 is 0 Å². The van der Waals surface area contributed by atoms with E-state index in [4.69, 9.17) is 5.11 Å². The average Bonchev–Trinajstić information content (AvgIpc) is 2.25. The van der Waals surface area contributed by atoms with Crippen LogP contribution in [0.4, 0.5) is 0 Å². The van der Waals surface area contributed by atoms with Gasteiger partial charge in [-0.1, -0.05) is 28.1 Å². The van der Waals surface area contributed by atoms with Crippen molar-refractivity contribution in [3.05, 3.63) is 34.3 Å². The normalized spacial score (nSPS) is 10.0. The van der Waals surface area contributed by atoms with Gasteiger partial charge in [-0.25, -0.2) is 0 Å². The lowest BCUT2D eigenvalue weighted by Gasteiger charge is -2.15. The molecule has 0 aromatic heterocycles. The summed E-state index contributed by atoms with van der Waals surface area (Å²) in [6, 6.07) is 7.50. The number of nitrogens with zero attached hydrogens (tertiary/aromatic N) is 1. The van der Waals surface area contributed by atoms with Gasteiger partial charge < -0.3 is 10.0 Å². The first-order valence-electron chi connectivity index (χ1n) is 5.19. The number of halogens is 1. The molecule has 1 N–H and O–H groups in total. The van der Waals surface area contributed by atoms with E-state index in [-0.39, 0.29) is 25.3 Å². The molecule has 0 aliphatic carbocycles. The van der Waals surface area contributed by atoms with E-state index in [2.05, 4.69) is 15.9 Å². The molecule has 0 saturated carbocycles. The highest BCUT2D eigenvalue weighted by Gasteiger charge is 2.10. The smallest absolute Gasteiger partial charge is 0.305 e. The van der Waals surface area contributed by atoms with Crippen molar-refractivity contribution in [1.82, 2.24) is 4.90 Å². The van der Waals surface area contributed by atoms with Crippen molar-refractivity contribution in [2.24, 2.45) is 0 Å². The number of hydrogen-bond acceptors (Lipinski definition) is 2. The lowest BCUT2D eigenvalue weighted by Crippen LogP contribution is -2.30. The van der Waals surface area contributed by atoms with Gasteiger partial charge in [0.2, 0.25) is 5.91 Å². The molecule has 0 spiro atoms. The molecular weight excluding hydrogens is 286 g/mol. The highest BCUT2D eigenvalue weighted by molar-refractivity contribution is 9.10. The molecule has 0 radical (unpaired) electrons. The van der Waals surface area contributed by atoms with Gasteiger partial charge in [0.1, 0.15) is 0 Å². The van der Waals surface area contributed by atoms with Gasteiger partial charge in [0, 0.05) is 18.1 Å². The standard InChI is InChI=1S/C12H14BrNO3/c1-14(6-5-12(16)17)11(15)8-9-3-2-4-10(13)7-9/h2-4,7H,5-6,8H2,1H3,(H,16,17). The first-order chi connectivity index (χ1) is 7.99. The molecule has 92 valence electrons. The lowest BCUT2D eigenvalue weighted by molar-refractivity contribution is -0.138. The SMILES string of the molecule is CN(CCC(=O)O)C(=O)Cc1cccc(Br)c1. The Bertz CT molecular complexity index is 420. The zero-order valence-electron chi connectivity index (χ0n) is 9.52. The molecule has 1 amide bonds. The number of carbonyl (C=O) groups excluding carboxylic acids is 1. The zero-order valence-corrected chi connectivity index (χ0v) is 11.1. The van der Waals surface area contributed by atoms with Crippen LogP contribution >= 0.6 is 15.9 Å². The number of amides is 1. The minimum Gasteiger partial charge on any atom is -0.481 e. The lowest BCUT2D eigenvalue weighted by atomic mass is 10.1. The predicted octanol–water partition coefficient (Wildman–Crippen LogP) is 1.92. The molecule has 1 aromatic carbocycles. The highest BCUT2D eigenvalue weighted by Crippen LogP contribution is 2.12. The Hall–Kier alpha value is -1.36. The molecular formula is C12H14BrNO3. The van der Waals surface area contributed by atoms with Crippen LogP contribution < -0.4 is 0 Å². The van der Waals surface area contributed by atoms with E-state index in [9.17, 15) is 9.59 Å². The quantitative estimate of drug-likeness (QED) is 0.904. The minimum absolute atomic E-state index is 0.0271. The van der Waals surface area contributed by atoms with Crippen molar-refractivity contribution >= 4 is 27.8 Å². The summed E-state index contributed by atoms with van der Waals surface area (Å²) in [4.78, 5) is 23.6. The molecule has 0 bridgehead atoms. The van der Waals surface area contributed by atoms with Crippen molar-refractivity contribution in [2.75, 3.05) is 13.6 Å². The molecule has 5 heteroatoms. The Balaban J connectivity index is 2.51. The summed E-state index contributed by atoms with van der Waals surface area (Å²) in [5, 5.41) is 8.53. The van der Waals surface area contributed by atoms with Crippen LogP contribution in [0.15, 0.2) is 28.7 Å². The zero-order chi connectivity index (χ0) is 12.8. The molecule has 4 nitrogen and oxygen atoms in total. The van der Waals surface area contributed by atoms with Crippen molar-refractivity contribution in [1.29, 1.82) is 0 Å². The summed E-state index contributed by atoms with van der Waals surface area (Å²) in [5.41, 5.74) is 0.909. The second-order valence-corrected chi connectivity index (χ2v) is 4.68. The molecule has 0 atom stereocenters. The van der Waals surface area contributed by atoms with Crippen LogP contribution in [0, 0.1) is 0 Å². The third-order valence-electron chi connectivity index (χ3n) is 2.33. The van der Waals surface area contributed by atoms with Crippen LogP contribution in [-0.2, 0) is 16.0 Å². The van der Waals surface area contributed by atoms with Gasteiger partial charge in [0.05, 0.1) is 12.8 Å². The fourth-order valence-corrected chi connectivity index (χ4v) is 1.79. The molecule has 0 unspecified atom stereocenters. The second-order valence-electron chi connectivity index (χ2n) is 3.77. The van der Waals surface area contributed by atoms with Crippen molar-refractivity contribution < 1.29 is 14.7 Å². The van der Waals surface area contributed by atoms with Gasteiger partial charge in [-0.2, -0.15) is 0 Å². The number of likely N-dealkylation sites (N-methyl/N-ethyl adjacent to an activating group) is 1. The molecule has 1 aromatic rings. The Morgan fingerprint density at radius 1 is 1.41 bits per heavy atom. The van der Waals surface area contributed by atoms with Crippen molar-refractivity contribution in [2.45, 2.75) is 12.8 Å². The van der Waals surface area contributed by atoms with Crippen LogP contribution in [-0.4, -0.2) is 35.5 Å². The average molecular weight is 300 g/mol. The predicted molar refractivity (Wildman–Crippen MR) is 67.7 cm³/mol. The maximum atomic E-state index is 11.8. The Morgan fingerprint density at radius 3 is 2.71 bits per heavy atom. The second kappa shape index (κ2) is 6.39. The van der Waals surface area contributed by atoms with Gasteiger partial charge in [-0.3, -0.25) is 9.59 Å². The fraction of sp³-hybridized carbons (Fsp3) is 0.333. The molecule has 0 saturated heterocycles. The van der Waals surface area contributed by atoms with E-state index < -0.39 is 5.97 Å². The number of hydrogen-bond donors (Lipinski definition) is 1. The van der Waals surface area contributed by atoms with Crippen LogP contribution in [0.2, 0.25) is 0 Å². The van der Waals surface area contributed by atoms with Crippen LogP contribution in [0.1, 0.15) is 12.0 Å². The number of aliphatic carboxylic acids is 1. The van der Waals surface area contributed by atoms with Crippen LogP contribution in [0.5, 0.6) is 0 Å². The molecule has 0 heterocycles. The molecule has 17 heavy (non-hydrogen) atoms. The van der Waals surface area contributed by atoms with E-state index in [0.29, 0.717) is 0 Å². The van der Waals surface area contributed by atoms with E-state index in [0.717, 1.165) is 10.0 Å². The van der Waals surface area contributed by atoms with Gasteiger partial charge in [-0.05, 0) is 17.7 Å². The summed E-state index contributed by atoms with van der Waals surface area (Å²) in [5.74, 6) is -0.976. The van der Waals surface area contributed by atoms with Gasteiger partial charge in [0.25, 0.3) is 0 Å². The number of carboxylic acids is 1. The van der Waals surface area contributed by atoms with Gasteiger partial charge in [0.15, 0.2) is 0 Å². The number of rotatable bonds is 5. The summed E-state index contributed by atoms with van der Waals surface area (Å²) < 4.78 is 0.927. The third-order valence-corrected chi connectivity index (χ3v) is 2.82. The topological polar surface area (TPSA) is 57.6 Å². The largest absolute Gasteiger partial charge is 0.481 e. The van der Waals surface area contributed by atoms with E-state index in [1.807, 2.05) is 24.3 Å².